The molecule has 1 amide bonds. The quantitative estimate of drug-likeness (QED) is 0.656. The molecule has 1 aliphatic heterocycles. The fourth-order valence-corrected chi connectivity index (χ4v) is 3.19. The Morgan fingerprint density at radius 3 is 2.50 bits per heavy atom. The molecule has 0 radical (unpaired) electrons. The number of hydrogen-bond acceptors (Lipinski definition) is 3. The van der Waals surface area contributed by atoms with Gasteiger partial charge in [-0.05, 0) is 64.5 Å². The van der Waals surface area contributed by atoms with Crippen molar-refractivity contribution in [3.63, 3.8) is 0 Å². The van der Waals surface area contributed by atoms with Crippen molar-refractivity contribution in [2.75, 3.05) is 39.8 Å². The van der Waals surface area contributed by atoms with Crippen LogP contribution in [-0.4, -0.2) is 61.6 Å². The fraction of sp³-hybridized carbons (Fsp3) is 0.944. The number of unbranched alkanes of at least 4 members (excludes halogenated alkanes) is 1. The van der Waals surface area contributed by atoms with E-state index in [4.69, 9.17) is 4.74 Å². The molecule has 1 saturated carbocycles. The number of piperidine rings is 1. The van der Waals surface area contributed by atoms with Crippen LogP contribution in [0, 0.1) is 11.8 Å². The van der Waals surface area contributed by atoms with Crippen LogP contribution in [0.2, 0.25) is 0 Å². The zero-order valence-electron chi connectivity index (χ0n) is 14.7. The third-order valence-electron chi connectivity index (χ3n) is 5.02. The minimum absolute atomic E-state index is 0.193. The Labute approximate surface area is 136 Å². The first-order valence-corrected chi connectivity index (χ1v) is 9.19. The number of likely N-dealkylation sites (tertiary alicyclic amines) is 1. The van der Waals surface area contributed by atoms with Crippen LogP contribution in [0.25, 0.3) is 0 Å². The van der Waals surface area contributed by atoms with Gasteiger partial charge in [-0.2, -0.15) is 0 Å². The summed E-state index contributed by atoms with van der Waals surface area (Å²) in [5.74, 6) is 1.66. The molecular formula is C18H34N2O2. The zero-order chi connectivity index (χ0) is 15.9. The Morgan fingerprint density at radius 1 is 1.23 bits per heavy atom. The van der Waals surface area contributed by atoms with Gasteiger partial charge in [-0.25, -0.2) is 0 Å². The maximum atomic E-state index is 12.4. The average Bonchev–Trinajstić information content (AvgIpc) is 3.35. The van der Waals surface area contributed by atoms with E-state index < -0.39 is 0 Å². The highest BCUT2D eigenvalue weighted by molar-refractivity contribution is 5.80. The van der Waals surface area contributed by atoms with E-state index in [1.54, 1.807) is 0 Å². The molecule has 0 bridgehead atoms. The van der Waals surface area contributed by atoms with E-state index >= 15 is 0 Å². The van der Waals surface area contributed by atoms with Crippen LogP contribution in [-0.2, 0) is 9.53 Å². The molecule has 2 rings (SSSR count). The van der Waals surface area contributed by atoms with E-state index in [-0.39, 0.29) is 12.0 Å². The lowest BCUT2D eigenvalue weighted by Crippen LogP contribution is -2.45. The molecule has 22 heavy (non-hydrogen) atoms. The van der Waals surface area contributed by atoms with Crippen molar-refractivity contribution >= 4 is 5.91 Å². The highest BCUT2D eigenvalue weighted by Crippen LogP contribution is 2.29. The molecular weight excluding hydrogens is 276 g/mol. The molecule has 1 aliphatic carbocycles. The molecule has 1 unspecified atom stereocenters. The SMILES string of the molecule is CCCCN(C)CC1CCN(C(=O)C(C)OCC2CC2)CC1. The van der Waals surface area contributed by atoms with Crippen LogP contribution in [0.15, 0.2) is 0 Å². The van der Waals surface area contributed by atoms with Crippen molar-refractivity contribution in [1.82, 2.24) is 9.80 Å². The second kappa shape index (κ2) is 8.88. The molecule has 0 aromatic carbocycles. The summed E-state index contributed by atoms with van der Waals surface area (Å²) in [6.45, 7) is 9.10. The van der Waals surface area contributed by atoms with Crippen molar-refractivity contribution < 1.29 is 9.53 Å². The Balaban J connectivity index is 1.63. The second-order valence-corrected chi connectivity index (χ2v) is 7.30. The Kier molecular flexibility index (Phi) is 7.16. The number of rotatable bonds is 9. The summed E-state index contributed by atoms with van der Waals surface area (Å²) in [5.41, 5.74) is 0. The third kappa shape index (κ3) is 5.88. The number of hydrogen-bond donors (Lipinski definition) is 0. The van der Waals surface area contributed by atoms with Crippen LogP contribution >= 0.6 is 0 Å². The van der Waals surface area contributed by atoms with Gasteiger partial charge >= 0.3 is 0 Å². The summed E-state index contributed by atoms with van der Waals surface area (Å²) in [7, 11) is 2.22. The number of ether oxygens (including phenoxy) is 1. The van der Waals surface area contributed by atoms with E-state index in [1.165, 1.54) is 38.8 Å². The smallest absolute Gasteiger partial charge is 0.251 e. The first-order valence-electron chi connectivity index (χ1n) is 9.19. The topological polar surface area (TPSA) is 32.8 Å². The summed E-state index contributed by atoms with van der Waals surface area (Å²) >= 11 is 0. The van der Waals surface area contributed by atoms with Crippen LogP contribution in [0.4, 0.5) is 0 Å². The van der Waals surface area contributed by atoms with Crippen molar-refractivity contribution in [3.05, 3.63) is 0 Å². The van der Waals surface area contributed by atoms with Crippen molar-refractivity contribution in [2.24, 2.45) is 11.8 Å². The molecule has 0 N–H and O–H groups in total. The number of nitrogens with zero attached hydrogens (tertiary/aromatic N) is 2. The fourth-order valence-electron chi connectivity index (χ4n) is 3.19. The summed E-state index contributed by atoms with van der Waals surface area (Å²) in [6.07, 6.45) is 7.11. The minimum atomic E-state index is -0.260. The summed E-state index contributed by atoms with van der Waals surface area (Å²) < 4.78 is 5.72. The lowest BCUT2D eigenvalue weighted by Gasteiger charge is -2.35. The van der Waals surface area contributed by atoms with Gasteiger partial charge in [0.1, 0.15) is 6.10 Å². The highest BCUT2D eigenvalue weighted by Gasteiger charge is 2.28. The van der Waals surface area contributed by atoms with E-state index in [9.17, 15) is 4.79 Å². The van der Waals surface area contributed by atoms with E-state index in [0.717, 1.165) is 44.4 Å². The van der Waals surface area contributed by atoms with Crippen molar-refractivity contribution in [2.45, 2.75) is 58.5 Å². The van der Waals surface area contributed by atoms with Gasteiger partial charge in [0.25, 0.3) is 5.91 Å². The van der Waals surface area contributed by atoms with Gasteiger partial charge in [-0.15, -0.1) is 0 Å². The standard InChI is InChI=1S/C18H34N2O2/c1-4-5-10-19(3)13-16-8-11-20(12-9-16)18(21)15(2)22-14-17-6-7-17/h15-17H,4-14H2,1-3H3. The van der Waals surface area contributed by atoms with E-state index in [1.807, 2.05) is 11.8 Å². The lowest BCUT2D eigenvalue weighted by atomic mass is 9.96. The lowest BCUT2D eigenvalue weighted by molar-refractivity contribution is -0.144. The molecule has 2 aliphatic rings. The third-order valence-corrected chi connectivity index (χ3v) is 5.02. The maximum Gasteiger partial charge on any atom is 0.251 e. The van der Waals surface area contributed by atoms with E-state index in [2.05, 4.69) is 18.9 Å². The molecule has 1 heterocycles. The normalized spacial score (nSPS) is 21.4. The zero-order valence-corrected chi connectivity index (χ0v) is 14.7. The molecule has 1 saturated heterocycles. The first kappa shape index (κ1) is 17.7. The van der Waals surface area contributed by atoms with Gasteiger partial charge in [0.2, 0.25) is 0 Å². The second-order valence-electron chi connectivity index (χ2n) is 7.30. The van der Waals surface area contributed by atoms with Crippen LogP contribution in [0.1, 0.15) is 52.4 Å². The molecule has 4 heteroatoms. The Morgan fingerprint density at radius 2 is 1.91 bits per heavy atom. The molecule has 0 aromatic rings. The molecule has 1 atom stereocenters. The maximum absolute atomic E-state index is 12.4. The van der Waals surface area contributed by atoms with Crippen LogP contribution in [0.3, 0.4) is 0 Å². The number of amides is 1. The van der Waals surface area contributed by atoms with Gasteiger partial charge in [0.15, 0.2) is 0 Å². The minimum Gasteiger partial charge on any atom is -0.368 e. The van der Waals surface area contributed by atoms with Crippen molar-refractivity contribution in [3.8, 4) is 0 Å². The van der Waals surface area contributed by atoms with Gasteiger partial charge in [-0.1, -0.05) is 13.3 Å². The molecule has 0 spiro atoms. The van der Waals surface area contributed by atoms with Gasteiger partial charge in [-0.3, -0.25) is 4.79 Å². The van der Waals surface area contributed by atoms with E-state index in [0.29, 0.717) is 0 Å². The van der Waals surface area contributed by atoms with Gasteiger partial charge in [0, 0.05) is 19.6 Å². The highest BCUT2D eigenvalue weighted by atomic mass is 16.5. The molecule has 4 nitrogen and oxygen atoms in total. The summed E-state index contributed by atoms with van der Waals surface area (Å²) in [5, 5.41) is 0. The summed E-state index contributed by atoms with van der Waals surface area (Å²) in [6, 6.07) is 0. The van der Waals surface area contributed by atoms with Crippen LogP contribution < -0.4 is 0 Å². The average molecular weight is 310 g/mol. The predicted octanol–water partition coefficient (Wildman–Crippen LogP) is 2.77. The van der Waals surface area contributed by atoms with Crippen molar-refractivity contribution in [1.29, 1.82) is 0 Å². The molecule has 128 valence electrons. The summed E-state index contributed by atoms with van der Waals surface area (Å²) in [4.78, 5) is 16.9. The Bertz CT molecular complexity index is 336. The predicted molar refractivity (Wildman–Crippen MR) is 89.8 cm³/mol. The molecule has 2 fully saturated rings. The first-order chi connectivity index (χ1) is 10.6. The van der Waals surface area contributed by atoms with Gasteiger partial charge in [0.05, 0.1) is 6.61 Å². The van der Waals surface area contributed by atoms with Gasteiger partial charge < -0.3 is 14.5 Å². The monoisotopic (exact) mass is 310 g/mol. The number of carbonyl (C=O) groups excluding carboxylic acids is 1. The largest absolute Gasteiger partial charge is 0.368 e. The van der Waals surface area contributed by atoms with Crippen LogP contribution in [0.5, 0.6) is 0 Å². The Hall–Kier alpha value is -0.610. The molecule has 0 aromatic heterocycles. The number of carbonyl (C=O) groups is 1.